The maximum atomic E-state index is 12.9. The summed E-state index contributed by atoms with van der Waals surface area (Å²) < 4.78 is 27.4. The van der Waals surface area contributed by atoms with Crippen molar-refractivity contribution >= 4 is 21.6 Å². The predicted molar refractivity (Wildman–Crippen MR) is 111 cm³/mol. The predicted octanol–water partition coefficient (Wildman–Crippen LogP) is 4.33. The zero-order chi connectivity index (χ0) is 19.8. The highest BCUT2D eigenvalue weighted by Gasteiger charge is 2.30. The molecule has 0 saturated carbocycles. The second-order valence-corrected chi connectivity index (χ2v) is 9.72. The first kappa shape index (κ1) is 20.3. The van der Waals surface area contributed by atoms with E-state index in [1.54, 1.807) is 22.5 Å². The first-order valence-electron chi connectivity index (χ1n) is 9.27. The SMILES string of the molecule is Cc1ccc(C(C)N2CCN(S(=O)(=O)c3ccc(C)c(Cl)c3)CC2)cc1C. The lowest BCUT2D eigenvalue weighted by molar-refractivity contribution is 0.146. The van der Waals surface area contributed by atoms with Crippen molar-refractivity contribution in [3.8, 4) is 0 Å². The summed E-state index contributed by atoms with van der Waals surface area (Å²) in [7, 11) is -3.51. The summed E-state index contributed by atoms with van der Waals surface area (Å²) in [6.45, 7) is 10.7. The third kappa shape index (κ3) is 4.21. The molecule has 1 saturated heterocycles. The number of hydrogen-bond acceptors (Lipinski definition) is 3. The summed E-state index contributed by atoms with van der Waals surface area (Å²) in [4.78, 5) is 2.62. The largest absolute Gasteiger partial charge is 0.294 e. The van der Waals surface area contributed by atoms with Crippen molar-refractivity contribution in [3.63, 3.8) is 0 Å². The quantitative estimate of drug-likeness (QED) is 0.758. The fourth-order valence-corrected chi connectivity index (χ4v) is 5.14. The van der Waals surface area contributed by atoms with Gasteiger partial charge < -0.3 is 0 Å². The molecule has 1 aliphatic heterocycles. The molecule has 4 nitrogen and oxygen atoms in total. The van der Waals surface area contributed by atoms with Gasteiger partial charge in [0.1, 0.15) is 0 Å². The van der Waals surface area contributed by atoms with Gasteiger partial charge in [0.15, 0.2) is 0 Å². The van der Waals surface area contributed by atoms with Gasteiger partial charge in [-0.15, -0.1) is 0 Å². The van der Waals surface area contributed by atoms with Crippen LogP contribution < -0.4 is 0 Å². The van der Waals surface area contributed by atoms with Crippen LogP contribution in [0.3, 0.4) is 0 Å². The monoisotopic (exact) mass is 406 g/mol. The van der Waals surface area contributed by atoms with Crippen molar-refractivity contribution in [1.82, 2.24) is 9.21 Å². The molecule has 0 radical (unpaired) electrons. The lowest BCUT2D eigenvalue weighted by atomic mass is 10.0. The highest BCUT2D eigenvalue weighted by atomic mass is 35.5. The summed E-state index contributed by atoms with van der Waals surface area (Å²) in [5.41, 5.74) is 4.73. The summed E-state index contributed by atoms with van der Waals surface area (Å²) in [5, 5.41) is 0.484. The number of sulfonamides is 1. The van der Waals surface area contributed by atoms with E-state index in [1.807, 2.05) is 6.92 Å². The minimum Gasteiger partial charge on any atom is -0.294 e. The van der Waals surface area contributed by atoms with Crippen LogP contribution in [0.1, 0.15) is 35.2 Å². The molecular weight excluding hydrogens is 380 g/mol. The van der Waals surface area contributed by atoms with Crippen molar-refractivity contribution in [2.24, 2.45) is 0 Å². The standard InChI is InChI=1S/C21H27ClN2O2S/c1-15-5-7-19(13-17(15)3)18(4)23-9-11-24(12-10-23)27(25,26)20-8-6-16(2)21(22)14-20/h5-8,13-14,18H,9-12H2,1-4H3. The minimum absolute atomic E-state index is 0.267. The molecule has 6 heteroatoms. The fraction of sp³-hybridized carbons (Fsp3) is 0.429. The summed E-state index contributed by atoms with van der Waals surface area (Å²) in [6.07, 6.45) is 0. The summed E-state index contributed by atoms with van der Waals surface area (Å²) in [6, 6.07) is 11.8. The van der Waals surface area contributed by atoms with Crippen LogP contribution in [0.2, 0.25) is 5.02 Å². The van der Waals surface area contributed by atoms with E-state index in [2.05, 4.69) is 43.9 Å². The number of piperazine rings is 1. The molecule has 0 aromatic heterocycles. The Hall–Kier alpha value is -1.40. The van der Waals surface area contributed by atoms with Gasteiger partial charge in [-0.25, -0.2) is 8.42 Å². The van der Waals surface area contributed by atoms with Gasteiger partial charge in [-0.3, -0.25) is 4.90 Å². The number of halogens is 1. The molecule has 0 spiro atoms. The van der Waals surface area contributed by atoms with Gasteiger partial charge in [0.2, 0.25) is 10.0 Å². The van der Waals surface area contributed by atoms with Crippen LogP contribution in [-0.2, 0) is 10.0 Å². The second kappa shape index (κ2) is 7.92. The van der Waals surface area contributed by atoms with E-state index in [-0.39, 0.29) is 10.9 Å². The molecule has 0 amide bonds. The van der Waals surface area contributed by atoms with Crippen molar-refractivity contribution < 1.29 is 8.42 Å². The van der Waals surface area contributed by atoms with Crippen LogP contribution in [0.25, 0.3) is 0 Å². The van der Waals surface area contributed by atoms with Crippen molar-refractivity contribution in [2.75, 3.05) is 26.2 Å². The van der Waals surface area contributed by atoms with Crippen molar-refractivity contribution in [2.45, 2.75) is 38.6 Å². The first-order valence-corrected chi connectivity index (χ1v) is 11.1. The number of aryl methyl sites for hydroxylation is 3. The Morgan fingerprint density at radius 3 is 2.11 bits per heavy atom. The Labute approximate surface area is 167 Å². The third-order valence-electron chi connectivity index (χ3n) is 5.62. The highest BCUT2D eigenvalue weighted by Crippen LogP contribution is 2.27. The van der Waals surface area contributed by atoms with Crippen LogP contribution in [0, 0.1) is 20.8 Å². The van der Waals surface area contributed by atoms with Gasteiger partial charge in [0.05, 0.1) is 4.90 Å². The van der Waals surface area contributed by atoms with Gasteiger partial charge in [0, 0.05) is 37.2 Å². The molecule has 2 aromatic carbocycles. The number of hydrogen-bond donors (Lipinski definition) is 0. The molecular formula is C21H27ClN2O2S. The fourth-order valence-electron chi connectivity index (χ4n) is 3.45. The third-order valence-corrected chi connectivity index (χ3v) is 7.92. The Balaban J connectivity index is 1.70. The Morgan fingerprint density at radius 1 is 0.889 bits per heavy atom. The van der Waals surface area contributed by atoms with Gasteiger partial charge >= 0.3 is 0 Å². The van der Waals surface area contributed by atoms with E-state index in [4.69, 9.17) is 11.6 Å². The van der Waals surface area contributed by atoms with E-state index in [1.165, 1.54) is 16.7 Å². The number of rotatable bonds is 4. The molecule has 1 atom stereocenters. The van der Waals surface area contributed by atoms with E-state index < -0.39 is 10.0 Å². The normalized spacial score (nSPS) is 17.8. The molecule has 146 valence electrons. The van der Waals surface area contributed by atoms with Gasteiger partial charge in [0.25, 0.3) is 0 Å². The van der Waals surface area contributed by atoms with Crippen LogP contribution in [0.4, 0.5) is 0 Å². The molecule has 0 bridgehead atoms. The average molecular weight is 407 g/mol. The summed E-state index contributed by atoms with van der Waals surface area (Å²) >= 11 is 6.12. The topological polar surface area (TPSA) is 40.6 Å². The molecule has 0 aliphatic carbocycles. The van der Waals surface area contributed by atoms with Gasteiger partial charge in [-0.05, 0) is 62.1 Å². The van der Waals surface area contributed by atoms with E-state index in [0.29, 0.717) is 31.2 Å². The first-order chi connectivity index (χ1) is 12.7. The zero-order valence-corrected chi connectivity index (χ0v) is 17.9. The minimum atomic E-state index is -3.51. The van der Waals surface area contributed by atoms with E-state index in [0.717, 1.165) is 5.56 Å². The number of benzene rings is 2. The molecule has 1 fully saturated rings. The van der Waals surface area contributed by atoms with Crippen LogP contribution in [0.5, 0.6) is 0 Å². The van der Waals surface area contributed by atoms with Gasteiger partial charge in [-0.2, -0.15) is 4.31 Å². The molecule has 3 rings (SSSR count). The lowest BCUT2D eigenvalue weighted by Gasteiger charge is -2.37. The smallest absolute Gasteiger partial charge is 0.243 e. The Bertz CT molecular complexity index is 935. The maximum Gasteiger partial charge on any atom is 0.243 e. The van der Waals surface area contributed by atoms with Crippen molar-refractivity contribution in [1.29, 1.82) is 0 Å². The number of nitrogens with zero attached hydrogens (tertiary/aromatic N) is 2. The lowest BCUT2D eigenvalue weighted by Crippen LogP contribution is -2.49. The van der Waals surface area contributed by atoms with Gasteiger partial charge in [-0.1, -0.05) is 35.9 Å². The van der Waals surface area contributed by atoms with Crippen LogP contribution in [0.15, 0.2) is 41.3 Å². The molecule has 2 aromatic rings. The van der Waals surface area contributed by atoms with Crippen molar-refractivity contribution in [3.05, 3.63) is 63.7 Å². The summed E-state index contributed by atoms with van der Waals surface area (Å²) in [5.74, 6) is 0. The van der Waals surface area contributed by atoms with Crippen LogP contribution >= 0.6 is 11.6 Å². The molecule has 1 aliphatic rings. The maximum absolute atomic E-state index is 12.9. The molecule has 1 heterocycles. The highest BCUT2D eigenvalue weighted by molar-refractivity contribution is 7.89. The Kier molecular flexibility index (Phi) is 5.96. The zero-order valence-electron chi connectivity index (χ0n) is 16.4. The molecule has 0 N–H and O–H groups in total. The van der Waals surface area contributed by atoms with Crippen LogP contribution in [-0.4, -0.2) is 43.8 Å². The Morgan fingerprint density at radius 2 is 1.52 bits per heavy atom. The molecule has 1 unspecified atom stereocenters. The second-order valence-electron chi connectivity index (χ2n) is 7.37. The van der Waals surface area contributed by atoms with E-state index >= 15 is 0 Å². The molecule has 27 heavy (non-hydrogen) atoms. The average Bonchev–Trinajstić information content (AvgIpc) is 2.65. The van der Waals surface area contributed by atoms with E-state index in [9.17, 15) is 8.42 Å².